The molecule has 0 saturated heterocycles. The van der Waals surface area contributed by atoms with Gasteiger partial charge in [-0.1, -0.05) is 36.4 Å². The van der Waals surface area contributed by atoms with E-state index in [4.69, 9.17) is 5.73 Å². The lowest BCUT2D eigenvalue weighted by atomic mass is 10.1. The summed E-state index contributed by atoms with van der Waals surface area (Å²) in [5, 5.41) is 1.94. The Labute approximate surface area is 117 Å². The predicted octanol–water partition coefficient (Wildman–Crippen LogP) is 2.80. The molecule has 0 bridgehead atoms. The molecule has 1 aromatic heterocycles. The van der Waals surface area contributed by atoms with E-state index in [0.29, 0.717) is 13.1 Å². The van der Waals surface area contributed by atoms with Crippen molar-refractivity contribution in [2.24, 2.45) is 5.73 Å². The van der Waals surface area contributed by atoms with E-state index in [1.165, 1.54) is 11.3 Å². The molecule has 19 heavy (non-hydrogen) atoms. The highest BCUT2D eigenvalue weighted by Gasteiger charge is 2.22. The standard InChI is InChI=1S/C15H18N2OS/c1-2-17(11-12-7-4-3-5-8-12)15(18)14(16)13-9-6-10-19-13/h3-10,14H,2,11,16H2,1H3. The van der Waals surface area contributed by atoms with Crippen LogP contribution in [0.25, 0.3) is 0 Å². The van der Waals surface area contributed by atoms with Gasteiger partial charge in [-0.3, -0.25) is 4.79 Å². The number of nitrogens with two attached hydrogens (primary N) is 1. The van der Waals surface area contributed by atoms with E-state index >= 15 is 0 Å². The Morgan fingerprint density at radius 2 is 2.00 bits per heavy atom. The molecule has 1 amide bonds. The van der Waals surface area contributed by atoms with E-state index in [1.807, 2.05) is 54.8 Å². The average molecular weight is 274 g/mol. The van der Waals surface area contributed by atoms with Gasteiger partial charge in [0.2, 0.25) is 5.91 Å². The van der Waals surface area contributed by atoms with Gasteiger partial charge in [-0.05, 0) is 23.9 Å². The Hall–Kier alpha value is -1.65. The summed E-state index contributed by atoms with van der Waals surface area (Å²) in [7, 11) is 0. The number of hydrogen-bond acceptors (Lipinski definition) is 3. The number of nitrogens with zero attached hydrogens (tertiary/aromatic N) is 1. The van der Waals surface area contributed by atoms with Crippen LogP contribution in [0.1, 0.15) is 23.4 Å². The van der Waals surface area contributed by atoms with Crippen LogP contribution in [0.4, 0.5) is 0 Å². The zero-order valence-corrected chi connectivity index (χ0v) is 11.8. The summed E-state index contributed by atoms with van der Waals surface area (Å²) in [6.45, 7) is 3.24. The van der Waals surface area contributed by atoms with Crippen molar-refractivity contribution in [3.8, 4) is 0 Å². The van der Waals surface area contributed by atoms with Crippen LogP contribution in [-0.4, -0.2) is 17.4 Å². The van der Waals surface area contributed by atoms with E-state index in [0.717, 1.165) is 10.4 Å². The zero-order chi connectivity index (χ0) is 13.7. The molecule has 2 rings (SSSR count). The lowest BCUT2D eigenvalue weighted by Gasteiger charge is -2.24. The smallest absolute Gasteiger partial charge is 0.245 e. The first-order valence-corrected chi connectivity index (χ1v) is 7.22. The van der Waals surface area contributed by atoms with Gasteiger partial charge in [-0.15, -0.1) is 11.3 Å². The molecule has 0 radical (unpaired) electrons. The van der Waals surface area contributed by atoms with Gasteiger partial charge in [0.1, 0.15) is 6.04 Å². The van der Waals surface area contributed by atoms with E-state index < -0.39 is 6.04 Å². The van der Waals surface area contributed by atoms with Gasteiger partial charge in [0, 0.05) is 18.0 Å². The predicted molar refractivity (Wildman–Crippen MR) is 78.8 cm³/mol. The number of hydrogen-bond donors (Lipinski definition) is 1. The molecule has 0 fully saturated rings. The summed E-state index contributed by atoms with van der Waals surface area (Å²) in [4.78, 5) is 15.1. The second-order valence-electron chi connectivity index (χ2n) is 4.33. The average Bonchev–Trinajstić information content (AvgIpc) is 2.98. The van der Waals surface area contributed by atoms with Crippen LogP contribution in [0.15, 0.2) is 47.8 Å². The van der Waals surface area contributed by atoms with E-state index in [1.54, 1.807) is 4.90 Å². The number of amides is 1. The molecule has 100 valence electrons. The van der Waals surface area contributed by atoms with Crippen molar-refractivity contribution >= 4 is 17.2 Å². The Bertz CT molecular complexity index is 510. The fourth-order valence-electron chi connectivity index (χ4n) is 1.94. The molecule has 1 heterocycles. The molecule has 0 spiro atoms. The first-order valence-electron chi connectivity index (χ1n) is 6.34. The SMILES string of the molecule is CCN(Cc1ccccc1)C(=O)C(N)c1cccs1. The van der Waals surface area contributed by atoms with Gasteiger partial charge < -0.3 is 10.6 Å². The maximum absolute atomic E-state index is 12.4. The summed E-state index contributed by atoms with van der Waals surface area (Å²) in [5.74, 6) is -0.0196. The normalized spacial score (nSPS) is 12.1. The molecule has 4 heteroatoms. The second kappa shape index (κ2) is 6.50. The molecule has 3 nitrogen and oxygen atoms in total. The third-order valence-electron chi connectivity index (χ3n) is 3.03. The lowest BCUT2D eigenvalue weighted by Crippen LogP contribution is -2.37. The summed E-state index contributed by atoms with van der Waals surface area (Å²) < 4.78 is 0. The van der Waals surface area contributed by atoms with Gasteiger partial charge in [0.15, 0.2) is 0 Å². The van der Waals surface area contributed by atoms with E-state index in [-0.39, 0.29) is 5.91 Å². The summed E-state index contributed by atoms with van der Waals surface area (Å²) >= 11 is 1.52. The number of likely N-dealkylation sites (N-methyl/N-ethyl adjacent to an activating group) is 1. The Morgan fingerprint density at radius 1 is 1.26 bits per heavy atom. The highest BCUT2D eigenvalue weighted by Crippen LogP contribution is 2.19. The van der Waals surface area contributed by atoms with Crippen LogP contribution >= 0.6 is 11.3 Å². The molecular weight excluding hydrogens is 256 g/mol. The van der Waals surface area contributed by atoms with Crippen molar-refractivity contribution < 1.29 is 4.79 Å². The molecule has 2 N–H and O–H groups in total. The minimum atomic E-state index is -0.552. The number of carbonyl (C=O) groups excluding carboxylic acids is 1. The van der Waals surface area contributed by atoms with Crippen LogP contribution < -0.4 is 5.73 Å². The van der Waals surface area contributed by atoms with Gasteiger partial charge in [-0.2, -0.15) is 0 Å². The molecule has 1 atom stereocenters. The van der Waals surface area contributed by atoms with Crippen molar-refractivity contribution in [3.63, 3.8) is 0 Å². The first-order chi connectivity index (χ1) is 9.22. The lowest BCUT2D eigenvalue weighted by molar-refractivity contribution is -0.133. The van der Waals surface area contributed by atoms with Crippen molar-refractivity contribution in [2.75, 3.05) is 6.54 Å². The summed E-state index contributed by atoms with van der Waals surface area (Å²) in [6, 6.07) is 13.2. The zero-order valence-electron chi connectivity index (χ0n) is 11.0. The van der Waals surface area contributed by atoms with Gasteiger partial charge in [-0.25, -0.2) is 0 Å². The van der Waals surface area contributed by atoms with Crippen LogP contribution in [0.2, 0.25) is 0 Å². The highest BCUT2D eigenvalue weighted by atomic mass is 32.1. The highest BCUT2D eigenvalue weighted by molar-refractivity contribution is 7.10. The monoisotopic (exact) mass is 274 g/mol. The second-order valence-corrected chi connectivity index (χ2v) is 5.31. The molecule has 0 saturated carbocycles. The quantitative estimate of drug-likeness (QED) is 0.911. The van der Waals surface area contributed by atoms with Crippen LogP contribution in [-0.2, 0) is 11.3 Å². The molecule has 2 aromatic rings. The van der Waals surface area contributed by atoms with E-state index in [2.05, 4.69) is 0 Å². The first kappa shape index (κ1) is 13.8. The van der Waals surface area contributed by atoms with Crippen molar-refractivity contribution in [1.29, 1.82) is 0 Å². The van der Waals surface area contributed by atoms with Gasteiger partial charge in [0.25, 0.3) is 0 Å². The number of carbonyl (C=O) groups is 1. The van der Waals surface area contributed by atoms with Crippen molar-refractivity contribution in [2.45, 2.75) is 19.5 Å². The maximum atomic E-state index is 12.4. The molecular formula is C15H18N2OS. The fraction of sp³-hybridized carbons (Fsp3) is 0.267. The third kappa shape index (κ3) is 3.43. The summed E-state index contributed by atoms with van der Waals surface area (Å²) in [6.07, 6.45) is 0. The number of benzene rings is 1. The summed E-state index contributed by atoms with van der Waals surface area (Å²) in [5.41, 5.74) is 7.15. The Balaban J connectivity index is 2.07. The van der Waals surface area contributed by atoms with Crippen LogP contribution in [0.5, 0.6) is 0 Å². The molecule has 1 unspecified atom stereocenters. The third-order valence-corrected chi connectivity index (χ3v) is 3.98. The molecule has 0 aliphatic rings. The minimum absolute atomic E-state index is 0.0196. The van der Waals surface area contributed by atoms with Crippen molar-refractivity contribution in [3.05, 3.63) is 58.3 Å². The largest absolute Gasteiger partial charge is 0.337 e. The molecule has 0 aliphatic carbocycles. The fourth-order valence-corrected chi connectivity index (χ4v) is 2.65. The minimum Gasteiger partial charge on any atom is -0.337 e. The van der Waals surface area contributed by atoms with Crippen LogP contribution in [0, 0.1) is 0 Å². The Morgan fingerprint density at radius 3 is 2.58 bits per heavy atom. The Kier molecular flexibility index (Phi) is 4.71. The molecule has 0 aliphatic heterocycles. The van der Waals surface area contributed by atoms with Gasteiger partial charge in [0.05, 0.1) is 0 Å². The maximum Gasteiger partial charge on any atom is 0.245 e. The van der Waals surface area contributed by atoms with Gasteiger partial charge >= 0.3 is 0 Å². The topological polar surface area (TPSA) is 46.3 Å². The molecule has 1 aromatic carbocycles. The van der Waals surface area contributed by atoms with Crippen LogP contribution in [0.3, 0.4) is 0 Å². The number of rotatable bonds is 5. The number of thiophene rings is 1. The van der Waals surface area contributed by atoms with Crippen molar-refractivity contribution in [1.82, 2.24) is 4.90 Å². The van der Waals surface area contributed by atoms with E-state index in [9.17, 15) is 4.79 Å².